The fourth-order valence-electron chi connectivity index (χ4n) is 1.50. The van der Waals surface area contributed by atoms with Crippen LogP contribution in [0.15, 0.2) is 24.3 Å². The third-order valence-corrected chi connectivity index (χ3v) is 2.36. The van der Waals surface area contributed by atoms with Crippen LogP contribution in [0, 0.1) is 0 Å². The SMILES string of the molecule is CCCC(C)Oc1ccc(CC)cc1. The van der Waals surface area contributed by atoms with Gasteiger partial charge in [0, 0.05) is 0 Å². The van der Waals surface area contributed by atoms with Gasteiger partial charge in [0.05, 0.1) is 6.10 Å². The maximum atomic E-state index is 5.75. The molecule has 1 nitrogen and oxygen atoms in total. The summed E-state index contributed by atoms with van der Waals surface area (Å²) in [6.45, 7) is 6.47. The predicted octanol–water partition coefficient (Wildman–Crippen LogP) is 3.82. The van der Waals surface area contributed by atoms with Crippen molar-refractivity contribution in [2.75, 3.05) is 0 Å². The van der Waals surface area contributed by atoms with Crippen molar-refractivity contribution >= 4 is 0 Å². The maximum absolute atomic E-state index is 5.75. The van der Waals surface area contributed by atoms with E-state index < -0.39 is 0 Å². The van der Waals surface area contributed by atoms with Gasteiger partial charge in [0.15, 0.2) is 0 Å². The summed E-state index contributed by atoms with van der Waals surface area (Å²) in [4.78, 5) is 0. The summed E-state index contributed by atoms with van der Waals surface area (Å²) in [5.41, 5.74) is 1.36. The van der Waals surface area contributed by atoms with Crippen LogP contribution in [0.1, 0.15) is 39.2 Å². The van der Waals surface area contributed by atoms with E-state index in [2.05, 4.69) is 45.0 Å². The van der Waals surface area contributed by atoms with Crippen molar-refractivity contribution in [3.63, 3.8) is 0 Å². The molecule has 0 aliphatic rings. The minimum Gasteiger partial charge on any atom is -0.491 e. The molecule has 0 fully saturated rings. The van der Waals surface area contributed by atoms with E-state index in [9.17, 15) is 0 Å². The van der Waals surface area contributed by atoms with E-state index in [1.165, 1.54) is 12.0 Å². The molecule has 0 spiro atoms. The molecule has 14 heavy (non-hydrogen) atoms. The molecule has 0 aliphatic heterocycles. The van der Waals surface area contributed by atoms with Gasteiger partial charge >= 0.3 is 0 Å². The molecule has 1 heteroatoms. The Morgan fingerprint density at radius 2 is 1.79 bits per heavy atom. The van der Waals surface area contributed by atoms with Gasteiger partial charge < -0.3 is 4.74 Å². The van der Waals surface area contributed by atoms with Crippen molar-refractivity contribution in [1.29, 1.82) is 0 Å². The second kappa shape index (κ2) is 5.69. The Morgan fingerprint density at radius 1 is 1.14 bits per heavy atom. The smallest absolute Gasteiger partial charge is 0.119 e. The lowest BCUT2D eigenvalue weighted by Gasteiger charge is -2.13. The zero-order valence-electron chi connectivity index (χ0n) is 9.42. The maximum Gasteiger partial charge on any atom is 0.119 e. The van der Waals surface area contributed by atoms with Crippen LogP contribution in [0.4, 0.5) is 0 Å². The van der Waals surface area contributed by atoms with Crippen molar-refractivity contribution < 1.29 is 4.74 Å². The van der Waals surface area contributed by atoms with Crippen LogP contribution in [0.2, 0.25) is 0 Å². The van der Waals surface area contributed by atoms with Gasteiger partial charge in [-0.2, -0.15) is 0 Å². The van der Waals surface area contributed by atoms with Gasteiger partial charge in [0.25, 0.3) is 0 Å². The highest BCUT2D eigenvalue weighted by atomic mass is 16.5. The third kappa shape index (κ3) is 3.41. The van der Waals surface area contributed by atoms with Crippen LogP contribution < -0.4 is 4.74 Å². The van der Waals surface area contributed by atoms with E-state index >= 15 is 0 Å². The topological polar surface area (TPSA) is 9.23 Å². The van der Waals surface area contributed by atoms with Gasteiger partial charge in [-0.15, -0.1) is 0 Å². The van der Waals surface area contributed by atoms with Crippen LogP contribution in [-0.4, -0.2) is 6.10 Å². The first-order valence-electron chi connectivity index (χ1n) is 5.51. The average molecular weight is 192 g/mol. The lowest BCUT2D eigenvalue weighted by molar-refractivity contribution is 0.210. The van der Waals surface area contributed by atoms with Gasteiger partial charge in [-0.1, -0.05) is 32.4 Å². The normalized spacial score (nSPS) is 12.5. The molecule has 0 bridgehead atoms. The molecule has 0 aromatic heterocycles. The summed E-state index contributed by atoms with van der Waals surface area (Å²) in [6.07, 6.45) is 3.71. The Hall–Kier alpha value is -0.980. The Bertz CT molecular complexity index is 250. The van der Waals surface area contributed by atoms with Gasteiger partial charge in [-0.05, 0) is 37.5 Å². The summed E-state index contributed by atoms with van der Waals surface area (Å²) >= 11 is 0. The summed E-state index contributed by atoms with van der Waals surface area (Å²) in [6, 6.07) is 8.39. The molecule has 0 amide bonds. The van der Waals surface area contributed by atoms with Crippen molar-refractivity contribution in [1.82, 2.24) is 0 Å². The van der Waals surface area contributed by atoms with Crippen molar-refractivity contribution in [2.24, 2.45) is 0 Å². The van der Waals surface area contributed by atoms with Gasteiger partial charge in [0.2, 0.25) is 0 Å². The largest absolute Gasteiger partial charge is 0.491 e. The molecular formula is C13H20O. The molecule has 0 saturated carbocycles. The minimum atomic E-state index is 0.326. The summed E-state index contributed by atoms with van der Waals surface area (Å²) in [5.74, 6) is 0.989. The second-order valence-corrected chi connectivity index (χ2v) is 3.71. The Labute approximate surface area is 87.1 Å². The van der Waals surface area contributed by atoms with E-state index in [-0.39, 0.29) is 0 Å². The summed E-state index contributed by atoms with van der Waals surface area (Å²) < 4.78 is 5.75. The zero-order valence-corrected chi connectivity index (χ0v) is 9.42. The highest BCUT2D eigenvalue weighted by molar-refractivity contribution is 5.27. The Balaban J connectivity index is 2.50. The number of benzene rings is 1. The van der Waals surface area contributed by atoms with Crippen molar-refractivity contribution in [2.45, 2.75) is 46.1 Å². The Kier molecular flexibility index (Phi) is 4.51. The van der Waals surface area contributed by atoms with Gasteiger partial charge in [-0.3, -0.25) is 0 Å². The first kappa shape index (κ1) is 11.1. The number of aryl methyl sites for hydroxylation is 1. The van der Waals surface area contributed by atoms with Crippen LogP contribution >= 0.6 is 0 Å². The summed E-state index contributed by atoms with van der Waals surface area (Å²) in [5, 5.41) is 0. The van der Waals surface area contributed by atoms with Gasteiger partial charge in [-0.25, -0.2) is 0 Å². The molecular weight excluding hydrogens is 172 g/mol. The molecule has 1 aromatic carbocycles. The van der Waals surface area contributed by atoms with Crippen molar-refractivity contribution in [3.05, 3.63) is 29.8 Å². The number of hydrogen-bond acceptors (Lipinski definition) is 1. The third-order valence-electron chi connectivity index (χ3n) is 2.36. The van der Waals surface area contributed by atoms with E-state index in [1.54, 1.807) is 0 Å². The van der Waals surface area contributed by atoms with Gasteiger partial charge in [0.1, 0.15) is 5.75 Å². The van der Waals surface area contributed by atoms with Crippen LogP contribution in [0.25, 0.3) is 0 Å². The first-order chi connectivity index (χ1) is 6.76. The molecule has 1 unspecified atom stereocenters. The van der Waals surface area contributed by atoms with Crippen LogP contribution in [0.3, 0.4) is 0 Å². The van der Waals surface area contributed by atoms with Crippen LogP contribution in [-0.2, 0) is 6.42 Å². The molecule has 0 aliphatic carbocycles. The standard InChI is InChI=1S/C13H20O/c1-4-6-11(3)14-13-9-7-12(5-2)8-10-13/h7-11H,4-6H2,1-3H3. The number of ether oxygens (including phenoxy) is 1. The highest BCUT2D eigenvalue weighted by Gasteiger charge is 2.01. The lowest BCUT2D eigenvalue weighted by Crippen LogP contribution is -2.10. The van der Waals surface area contributed by atoms with E-state index in [1.807, 2.05) is 0 Å². The monoisotopic (exact) mass is 192 g/mol. The predicted molar refractivity (Wildman–Crippen MR) is 60.8 cm³/mol. The second-order valence-electron chi connectivity index (χ2n) is 3.71. The molecule has 78 valence electrons. The minimum absolute atomic E-state index is 0.326. The Morgan fingerprint density at radius 3 is 2.29 bits per heavy atom. The molecule has 1 atom stereocenters. The molecule has 0 N–H and O–H groups in total. The van der Waals surface area contributed by atoms with E-state index in [0.29, 0.717) is 6.10 Å². The van der Waals surface area contributed by atoms with Crippen LogP contribution in [0.5, 0.6) is 5.75 Å². The highest BCUT2D eigenvalue weighted by Crippen LogP contribution is 2.15. The molecule has 1 aromatic rings. The number of hydrogen-bond donors (Lipinski definition) is 0. The van der Waals surface area contributed by atoms with E-state index in [4.69, 9.17) is 4.74 Å². The van der Waals surface area contributed by atoms with E-state index in [0.717, 1.165) is 18.6 Å². The first-order valence-corrected chi connectivity index (χ1v) is 5.51. The molecule has 0 heterocycles. The lowest BCUT2D eigenvalue weighted by atomic mass is 10.2. The van der Waals surface area contributed by atoms with Crippen molar-refractivity contribution in [3.8, 4) is 5.75 Å². The fraction of sp³-hybridized carbons (Fsp3) is 0.538. The molecule has 0 radical (unpaired) electrons. The molecule has 1 rings (SSSR count). The zero-order chi connectivity index (χ0) is 10.4. The quantitative estimate of drug-likeness (QED) is 0.689. The average Bonchev–Trinajstić information content (AvgIpc) is 2.19. The number of rotatable bonds is 5. The molecule has 0 saturated heterocycles. The fourth-order valence-corrected chi connectivity index (χ4v) is 1.50. The summed E-state index contributed by atoms with van der Waals surface area (Å²) in [7, 11) is 0.